The molecule has 14 heavy (non-hydrogen) atoms. The minimum absolute atomic E-state index is 0.197. The van der Waals surface area contributed by atoms with E-state index in [9.17, 15) is 14.4 Å². The lowest BCUT2D eigenvalue weighted by molar-refractivity contribution is -0.138. The number of rotatable bonds is 7. The number of amides is 1. The number of nitrogens with two attached hydrogens (primary N) is 1. The van der Waals surface area contributed by atoms with Crippen molar-refractivity contribution in [3.63, 3.8) is 0 Å². The predicted octanol–water partition coefficient (Wildman–Crippen LogP) is -1.12. The molecule has 0 heterocycles. The van der Waals surface area contributed by atoms with Crippen molar-refractivity contribution in [2.24, 2.45) is 5.73 Å². The summed E-state index contributed by atoms with van der Waals surface area (Å²) >= 11 is 0. The normalized spacial score (nSPS) is 11.8. The van der Waals surface area contributed by atoms with E-state index in [0.29, 0.717) is 25.8 Å². The van der Waals surface area contributed by atoms with Crippen LogP contribution in [0.1, 0.15) is 19.3 Å². The Labute approximate surface area is 81.5 Å². The zero-order chi connectivity index (χ0) is 11.0. The summed E-state index contributed by atoms with van der Waals surface area (Å²) in [7, 11) is 0. The van der Waals surface area contributed by atoms with Gasteiger partial charge in [0.2, 0.25) is 6.29 Å². The first-order chi connectivity index (χ1) is 6.57. The van der Waals surface area contributed by atoms with Crippen LogP contribution in [0.5, 0.6) is 0 Å². The fourth-order valence-electron chi connectivity index (χ4n) is 0.866. The van der Waals surface area contributed by atoms with Crippen LogP contribution >= 0.6 is 0 Å². The molecule has 1 atom stereocenters. The molecule has 0 aliphatic heterocycles. The Morgan fingerprint density at radius 1 is 1.43 bits per heavy atom. The zero-order valence-corrected chi connectivity index (χ0v) is 7.73. The van der Waals surface area contributed by atoms with Gasteiger partial charge in [-0.2, -0.15) is 0 Å². The number of unbranched alkanes of at least 4 members (excludes halogenated alkanes) is 1. The van der Waals surface area contributed by atoms with E-state index < -0.39 is 17.9 Å². The molecule has 1 unspecified atom stereocenters. The number of nitrogens with one attached hydrogen (secondary N) is 1. The molecule has 6 heteroatoms. The van der Waals surface area contributed by atoms with Crippen molar-refractivity contribution < 1.29 is 19.5 Å². The van der Waals surface area contributed by atoms with E-state index in [-0.39, 0.29) is 6.29 Å². The Kier molecular flexibility index (Phi) is 6.30. The summed E-state index contributed by atoms with van der Waals surface area (Å²) in [6, 6.07) is -0.850. The van der Waals surface area contributed by atoms with Gasteiger partial charge in [-0.3, -0.25) is 14.4 Å². The number of hydrogen-bond donors (Lipinski definition) is 3. The predicted molar refractivity (Wildman–Crippen MR) is 48.5 cm³/mol. The van der Waals surface area contributed by atoms with Crippen LogP contribution in [-0.4, -0.2) is 35.9 Å². The Morgan fingerprint density at radius 2 is 2.07 bits per heavy atom. The van der Waals surface area contributed by atoms with Crippen molar-refractivity contribution in [2.75, 3.05) is 6.54 Å². The summed E-state index contributed by atoms with van der Waals surface area (Å²) in [6.45, 7) is 0.365. The Morgan fingerprint density at radius 3 is 2.57 bits per heavy atom. The van der Waals surface area contributed by atoms with Crippen LogP contribution in [-0.2, 0) is 14.4 Å². The highest BCUT2D eigenvalue weighted by atomic mass is 16.4. The van der Waals surface area contributed by atoms with E-state index in [2.05, 4.69) is 5.32 Å². The molecule has 0 saturated heterocycles. The molecule has 0 aliphatic carbocycles. The molecule has 4 N–H and O–H groups in total. The first-order valence-electron chi connectivity index (χ1n) is 4.29. The average Bonchev–Trinajstić information content (AvgIpc) is 2.16. The number of aldehydes is 1. The van der Waals surface area contributed by atoms with Gasteiger partial charge in [0.25, 0.3) is 5.91 Å². The lowest BCUT2D eigenvalue weighted by atomic mass is 10.1. The molecule has 0 aliphatic rings. The molecule has 0 fully saturated rings. The minimum atomic E-state index is -1.03. The number of hydrogen-bond acceptors (Lipinski definition) is 4. The van der Waals surface area contributed by atoms with Crippen LogP contribution in [0.3, 0.4) is 0 Å². The highest BCUT2D eigenvalue weighted by Crippen LogP contribution is 1.97. The standard InChI is InChI=1S/C8H14N2O4/c9-6(8(13)14)3-1-2-4-10-7(12)5-11/h5-6H,1-4,9H2,(H,10,12)(H,13,14). The summed E-state index contributed by atoms with van der Waals surface area (Å²) in [4.78, 5) is 30.6. The van der Waals surface area contributed by atoms with Crippen LogP contribution in [0.4, 0.5) is 0 Å². The number of aliphatic carboxylic acids is 1. The number of carbonyl (C=O) groups excluding carboxylic acids is 2. The van der Waals surface area contributed by atoms with E-state index in [0.717, 1.165) is 0 Å². The third-order valence-electron chi connectivity index (χ3n) is 1.67. The Balaban J connectivity index is 3.34. The van der Waals surface area contributed by atoms with Crippen molar-refractivity contribution >= 4 is 18.2 Å². The van der Waals surface area contributed by atoms with Gasteiger partial charge in [0, 0.05) is 6.54 Å². The molecule has 0 spiro atoms. The van der Waals surface area contributed by atoms with E-state index in [1.165, 1.54) is 0 Å². The second-order valence-corrected chi connectivity index (χ2v) is 2.85. The molecule has 0 aromatic carbocycles. The molecule has 0 aromatic rings. The molecule has 1 amide bonds. The van der Waals surface area contributed by atoms with Gasteiger partial charge in [-0.05, 0) is 19.3 Å². The molecule has 0 aromatic heterocycles. The van der Waals surface area contributed by atoms with Gasteiger partial charge in [-0.15, -0.1) is 0 Å². The SMILES string of the molecule is NC(CCCCNC(=O)C=O)C(=O)O. The summed E-state index contributed by atoms with van der Waals surface area (Å²) < 4.78 is 0. The molecular formula is C8H14N2O4. The van der Waals surface area contributed by atoms with Gasteiger partial charge in [0.05, 0.1) is 0 Å². The average molecular weight is 202 g/mol. The molecule has 80 valence electrons. The van der Waals surface area contributed by atoms with Crippen molar-refractivity contribution in [3.8, 4) is 0 Å². The fourth-order valence-corrected chi connectivity index (χ4v) is 0.866. The first-order valence-corrected chi connectivity index (χ1v) is 4.29. The number of carboxylic acids is 1. The van der Waals surface area contributed by atoms with Gasteiger partial charge in [-0.25, -0.2) is 0 Å². The van der Waals surface area contributed by atoms with Gasteiger partial charge < -0.3 is 16.2 Å². The Bertz CT molecular complexity index is 217. The van der Waals surface area contributed by atoms with E-state index >= 15 is 0 Å². The van der Waals surface area contributed by atoms with Gasteiger partial charge in [0.15, 0.2) is 0 Å². The smallest absolute Gasteiger partial charge is 0.320 e. The maximum Gasteiger partial charge on any atom is 0.320 e. The van der Waals surface area contributed by atoms with Crippen molar-refractivity contribution in [1.29, 1.82) is 0 Å². The first kappa shape index (κ1) is 12.6. The maximum atomic E-state index is 10.4. The van der Waals surface area contributed by atoms with Gasteiger partial charge in [0.1, 0.15) is 6.04 Å². The monoisotopic (exact) mass is 202 g/mol. The third kappa shape index (κ3) is 6.13. The topological polar surface area (TPSA) is 109 Å². The van der Waals surface area contributed by atoms with Crippen LogP contribution in [0.25, 0.3) is 0 Å². The van der Waals surface area contributed by atoms with Gasteiger partial charge in [-0.1, -0.05) is 0 Å². The van der Waals surface area contributed by atoms with Crippen molar-refractivity contribution in [2.45, 2.75) is 25.3 Å². The van der Waals surface area contributed by atoms with Crippen LogP contribution in [0.15, 0.2) is 0 Å². The van der Waals surface area contributed by atoms with Crippen LogP contribution < -0.4 is 11.1 Å². The second kappa shape index (κ2) is 7.02. The molecule has 0 rings (SSSR count). The summed E-state index contributed by atoms with van der Waals surface area (Å²) in [5.74, 6) is -1.69. The fraction of sp³-hybridized carbons (Fsp3) is 0.625. The molecule has 0 radical (unpaired) electrons. The van der Waals surface area contributed by atoms with E-state index in [1.54, 1.807) is 0 Å². The zero-order valence-electron chi connectivity index (χ0n) is 7.73. The van der Waals surface area contributed by atoms with Crippen molar-refractivity contribution in [1.82, 2.24) is 5.32 Å². The lowest BCUT2D eigenvalue weighted by Gasteiger charge is -2.05. The highest BCUT2D eigenvalue weighted by molar-refractivity contribution is 6.23. The Hall–Kier alpha value is -1.43. The summed E-state index contributed by atoms with van der Waals surface area (Å²) in [6.07, 6.45) is 1.78. The number of carbonyl (C=O) groups is 3. The highest BCUT2D eigenvalue weighted by Gasteiger charge is 2.09. The van der Waals surface area contributed by atoms with Crippen molar-refractivity contribution in [3.05, 3.63) is 0 Å². The quantitative estimate of drug-likeness (QED) is 0.275. The molecule has 6 nitrogen and oxygen atoms in total. The van der Waals surface area contributed by atoms with E-state index in [1.807, 2.05) is 0 Å². The lowest BCUT2D eigenvalue weighted by Crippen LogP contribution is -2.30. The molecule has 0 bridgehead atoms. The van der Waals surface area contributed by atoms with Crippen LogP contribution in [0.2, 0.25) is 0 Å². The second-order valence-electron chi connectivity index (χ2n) is 2.85. The number of carboxylic acid groups (broad SMARTS) is 1. The minimum Gasteiger partial charge on any atom is -0.480 e. The maximum absolute atomic E-state index is 10.4. The van der Waals surface area contributed by atoms with Crippen LogP contribution in [0, 0.1) is 0 Å². The largest absolute Gasteiger partial charge is 0.480 e. The molecule has 0 saturated carbocycles. The van der Waals surface area contributed by atoms with Gasteiger partial charge >= 0.3 is 5.97 Å². The summed E-state index contributed by atoms with van der Waals surface area (Å²) in [5, 5.41) is 10.8. The summed E-state index contributed by atoms with van der Waals surface area (Å²) in [5.41, 5.74) is 5.24. The third-order valence-corrected chi connectivity index (χ3v) is 1.67. The van der Waals surface area contributed by atoms with E-state index in [4.69, 9.17) is 10.8 Å². The molecular weight excluding hydrogens is 188 g/mol.